The number of aromatic nitrogens is 3. The van der Waals surface area contributed by atoms with Crippen LogP contribution in [0, 0.1) is 10.7 Å². The fourth-order valence-electron chi connectivity index (χ4n) is 4.03. The second-order valence-corrected chi connectivity index (χ2v) is 9.38. The van der Waals surface area contributed by atoms with Gasteiger partial charge in [-0.25, -0.2) is 19.3 Å². The summed E-state index contributed by atoms with van der Waals surface area (Å²) < 4.78 is 24.5. The van der Waals surface area contributed by atoms with E-state index in [2.05, 4.69) is 25.4 Å². The summed E-state index contributed by atoms with van der Waals surface area (Å²) in [5.74, 6) is -0.824. The molecule has 3 N–H and O–H groups in total. The maximum atomic E-state index is 13.8. The normalized spacial score (nSPS) is 21.0. The lowest BCUT2D eigenvalue weighted by molar-refractivity contribution is -0.133. The molecular weight excluding hydrogens is 519 g/mol. The molecule has 14 heteroatoms. The van der Waals surface area contributed by atoms with Crippen LogP contribution in [0.2, 0.25) is 5.02 Å². The fourth-order valence-corrected chi connectivity index (χ4v) is 5.03. The van der Waals surface area contributed by atoms with Crippen molar-refractivity contribution in [3.8, 4) is 0 Å². The lowest BCUT2D eigenvalue weighted by Crippen LogP contribution is -2.45. The standard InChI is InChI=1S/C21H18ClFN6O4S2/c22-12-7-10(23)1-2-11(12)16-15(20(30)31)13(25-18(26-16)19-24-3-6-35-19)8-29-4-5-32-9-14(29)17-27-21(34)33-28-17/h1-3,6-7,14,16H,4-5,8-9H2,(H,25,26)(H,30,31)(H,27,28,34). The van der Waals surface area contributed by atoms with E-state index in [4.69, 9.17) is 33.1 Å². The van der Waals surface area contributed by atoms with E-state index in [0.717, 1.165) is 6.07 Å². The van der Waals surface area contributed by atoms with E-state index in [0.29, 0.717) is 47.7 Å². The van der Waals surface area contributed by atoms with Crippen LogP contribution < -0.4 is 5.32 Å². The second kappa shape index (κ2) is 9.95. The highest BCUT2D eigenvalue weighted by atomic mass is 35.5. The van der Waals surface area contributed by atoms with Gasteiger partial charge in [-0.15, -0.1) is 11.3 Å². The van der Waals surface area contributed by atoms with E-state index >= 15 is 0 Å². The van der Waals surface area contributed by atoms with E-state index in [-0.39, 0.29) is 28.0 Å². The molecule has 2 atom stereocenters. The molecule has 4 heterocycles. The van der Waals surface area contributed by atoms with Gasteiger partial charge in [-0.2, -0.15) is 4.98 Å². The predicted octanol–water partition coefficient (Wildman–Crippen LogP) is 3.48. The molecular formula is C21H18ClFN6O4S2. The molecule has 0 bridgehead atoms. The van der Waals surface area contributed by atoms with Crippen molar-refractivity contribution >= 4 is 47.0 Å². The molecule has 1 saturated heterocycles. The zero-order chi connectivity index (χ0) is 24.5. The number of thiazole rings is 1. The summed E-state index contributed by atoms with van der Waals surface area (Å²) >= 11 is 12.7. The third-order valence-electron chi connectivity index (χ3n) is 5.62. The molecule has 2 aliphatic rings. The number of hydrogen-bond acceptors (Lipinski definition) is 10. The van der Waals surface area contributed by atoms with Gasteiger partial charge in [0.2, 0.25) is 0 Å². The minimum Gasteiger partial charge on any atom is -0.478 e. The topological polar surface area (TPSA) is 129 Å². The van der Waals surface area contributed by atoms with Gasteiger partial charge in [0.05, 0.1) is 24.8 Å². The number of amidine groups is 1. The van der Waals surface area contributed by atoms with Gasteiger partial charge in [-0.1, -0.05) is 17.7 Å². The van der Waals surface area contributed by atoms with Crippen molar-refractivity contribution < 1.29 is 23.6 Å². The molecule has 3 aromatic rings. The summed E-state index contributed by atoms with van der Waals surface area (Å²) in [7, 11) is 0. The number of morpholine rings is 1. The first-order chi connectivity index (χ1) is 16.9. The highest BCUT2D eigenvalue weighted by Crippen LogP contribution is 2.37. The maximum Gasteiger partial charge on any atom is 0.335 e. The number of carboxylic acid groups (broad SMARTS) is 1. The Labute approximate surface area is 212 Å². The van der Waals surface area contributed by atoms with Gasteiger partial charge in [-0.05, 0) is 24.4 Å². The number of carbonyl (C=O) groups is 1. The average Bonchev–Trinajstić information content (AvgIpc) is 3.51. The Morgan fingerprint density at radius 1 is 1.43 bits per heavy atom. The lowest BCUT2D eigenvalue weighted by atomic mass is 9.95. The van der Waals surface area contributed by atoms with E-state index in [1.165, 1.54) is 23.5 Å². The quantitative estimate of drug-likeness (QED) is 0.405. The highest BCUT2D eigenvalue weighted by molar-refractivity contribution is 7.71. The number of aliphatic carboxylic acids is 1. The molecule has 0 saturated carbocycles. The van der Waals surface area contributed by atoms with Crippen LogP contribution >= 0.6 is 35.2 Å². The van der Waals surface area contributed by atoms with Crippen LogP contribution in [0.3, 0.4) is 0 Å². The van der Waals surface area contributed by atoms with Crippen molar-refractivity contribution in [1.29, 1.82) is 0 Å². The molecule has 1 fully saturated rings. The predicted molar refractivity (Wildman–Crippen MR) is 127 cm³/mol. The van der Waals surface area contributed by atoms with E-state index < -0.39 is 17.8 Å². The lowest BCUT2D eigenvalue weighted by Gasteiger charge is -2.36. The number of benzene rings is 1. The van der Waals surface area contributed by atoms with E-state index in [1.54, 1.807) is 11.6 Å². The van der Waals surface area contributed by atoms with Crippen molar-refractivity contribution in [2.45, 2.75) is 12.1 Å². The Balaban J connectivity index is 1.58. The number of carboxylic acids is 1. The molecule has 2 aliphatic heterocycles. The zero-order valence-corrected chi connectivity index (χ0v) is 20.3. The first kappa shape index (κ1) is 23.8. The monoisotopic (exact) mass is 536 g/mol. The average molecular weight is 537 g/mol. The van der Waals surface area contributed by atoms with Crippen LogP contribution in [-0.4, -0.2) is 63.2 Å². The fraction of sp³-hybridized carbons (Fsp3) is 0.286. The van der Waals surface area contributed by atoms with Crippen LogP contribution in [-0.2, 0) is 9.53 Å². The van der Waals surface area contributed by atoms with E-state index in [1.807, 2.05) is 4.90 Å². The van der Waals surface area contributed by atoms with Crippen molar-refractivity contribution in [3.63, 3.8) is 0 Å². The molecule has 2 aromatic heterocycles. The van der Waals surface area contributed by atoms with Gasteiger partial charge in [-0.3, -0.25) is 9.89 Å². The zero-order valence-electron chi connectivity index (χ0n) is 17.9. The van der Waals surface area contributed by atoms with Crippen molar-refractivity contribution in [2.75, 3.05) is 26.3 Å². The second-order valence-electron chi connectivity index (χ2n) is 7.73. The third kappa shape index (κ3) is 4.90. The first-order valence-corrected chi connectivity index (χ1v) is 12.1. The Bertz CT molecular complexity index is 1370. The molecule has 35 heavy (non-hydrogen) atoms. The third-order valence-corrected chi connectivity index (χ3v) is 6.90. The van der Waals surface area contributed by atoms with Gasteiger partial charge in [0, 0.05) is 40.9 Å². The number of nitrogens with one attached hydrogen (secondary N) is 2. The number of rotatable bonds is 6. The molecule has 0 radical (unpaired) electrons. The van der Waals surface area contributed by atoms with Crippen molar-refractivity contribution in [2.24, 2.45) is 4.99 Å². The Morgan fingerprint density at radius 2 is 2.29 bits per heavy atom. The number of hydrogen-bond donors (Lipinski definition) is 3. The minimum atomic E-state index is -1.18. The van der Waals surface area contributed by atoms with Crippen molar-refractivity contribution in [1.82, 2.24) is 25.3 Å². The number of aromatic amines is 1. The summed E-state index contributed by atoms with van der Waals surface area (Å²) in [6, 6.07) is 2.49. The summed E-state index contributed by atoms with van der Waals surface area (Å²) in [6.07, 6.45) is 1.63. The van der Waals surface area contributed by atoms with Gasteiger partial charge in [0.1, 0.15) is 11.9 Å². The summed E-state index contributed by atoms with van der Waals surface area (Å²) in [5.41, 5.74) is 0.770. The molecule has 0 spiro atoms. The Hall–Kier alpha value is -2.97. The van der Waals surface area contributed by atoms with E-state index in [9.17, 15) is 14.3 Å². The minimum absolute atomic E-state index is 0.00264. The summed E-state index contributed by atoms with van der Waals surface area (Å²) in [4.78, 5) is 27.7. The van der Waals surface area contributed by atoms with Crippen LogP contribution in [0.5, 0.6) is 0 Å². The Morgan fingerprint density at radius 3 is 2.97 bits per heavy atom. The molecule has 0 aliphatic carbocycles. The molecule has 1 aromatic carbocycles. The molecule has 182 valence electrons. The van der Waals surface area contributed by atoms with Gasteiger partial charge >= 0.3 is 10.8 Å². The number of H-pyrrole nitrogens is 1. The summed E-state index contributed by atoms with van der Waals surface area (Å²) in [6.45, 7) is 1.46. The number of nitrogens with zero attached hydrogens (tertiary/aromatic N) is 4. The number of halogens is 2. The highest BCUT2D eigenvalue weighted by Gasteiger charge is 2.36. The van der Waals surface area contributed by atoms with Crippen LogP contribution in [0.15, 0.2) is 50.6 Å². The molecule has 0 amide bonds. The van der Waals surface area contributed by atoms with Gasteiger partial charge in [0.25, 0.3) is 0 Å². The maximum absolute atomic E-state index is 13.8. The first-order valence-electron chi connectivity index (χ1n) is 10.4. The van der Waals surface area contributed by atoms with Gasteiger partial charge < -0.3 is 19.7 Å². The largest absolute Gasteiger partial charge is 0.478 e. The van der Waals surface area contributed by atoms with Gasteiger partial charge in [0.15, 0.2) is 16.7 Å². The van der Waals surface area contributed by atoms with Crippen LogP contribution in [0.4, 0.5) is 4.39 Å². The molecule has 5 rings (SSSR count). The number of ether oxygens (including phenoxy) is 1. The smallest absolute Gasteiger partial charge is 0.335 e. The van der Waals surface area contributed by atoms with Crippen LogP contribution in [0.1, 0.15) is 28.5 Å². The SMILES string of the molecule is O=C(O)C1=C(CN2CCOCC2c2nc(=S)o[nH]2)NC(c2nccs2)=NC1c1ccc(F)cc1Cl. The van der Waals surface area contributed by atoms with Crippen molar-refractivity contribution in [3.05, 3.63) is 73.1 Å². The summed E-state index contributed by atoms with van der Waals surface area (Å²) in [5, 5.41) is 18.6. The number of aliphatic imine (C=N–C) groups is 1. The Kier molecular flexibility index (Phi) is 6.75. The molecule has 10 nitrogen and oxygen atoms in total. The van der Waals surface area contributed by atoms with Crippen LogP contribution in [0.25, 0.3) is 0 Å². The molecule has 2 unspecified atom stereocenters.